The van der Waals surface area contributed by atoms with Crippen molar-refractivity contribution in [3.63, 3.8) is 0 Å². The van der Waals surface area contributed by atoms with Gasteiger partial charge in [0.05, 0.1) is 0 Å². The van der Waals surface area contributed by atoms with E-state index in [1.165, 1.54) is 51.7 Å². The highest BCUT2D eigenvalue weighted by Crippen LogP contribution is 2.36. The first-order chi connectivity index (χ1) is 8.90. The normalized spacial score (nSPS) is 38.7. The highest BCUT2D eigenvalue weighted by atomic mass is 32.1. The average molecular weight is 262 g/mol. The number of nitrogens with zero attached hydrogens (tertiary/aromatic N) is 1. The monoisotopic (exact) mass is 262 g/mol. The van der Waals surface area contributed by atoms with Crippen LogP contribution < -0.4 is 5.32 Å². The summed E-state index contributed by atoms with van der Waals surface area (Å²) in [5.41, 5.74) is 1.62. The van der Waals surface area contributed by atoms with E-state index in [9.17, 15) is 0 Å². The summed E-state index contributed by atoms with van der Waals surface area (Å²) in [6.07, 6.45) is 6.81. The highest BCUT2D eigenvalue weighted by Gasteiger charge is 2.35. The molecule has 0 amide bonds. The molecular formula is C15H22N2S. The molecule has 1 aliphatic carbocycles. The van der Waals surface area contributed by atoms with Crippen LogP contribution in [0.2, 0.25) is 0 Å². The van der Waals surface area contributed by atoms with Crippen molar-refractivity contribution < 1.29 is 0 Å². The van der Waals surface area contributed by atoms with Gasteiger partial charge in [0.1, 0.15) is 0 Å². The van der Waals surface area contributed by atoms with Gasteiger partial charge in [-0.25, -0.2) is 0 Å². The van der Waals surface area contributed by atoms with Crippen LogP contribution in [0.5, 0.6) is 0 Å². The summed E-state index contributed by atoms with van der Waals surface area (Å²) in [5.74, 6) is 0.919. The summed E-state index contributed by atoms with van der Waals surface area (Å²) >= 11 is 1.96. The number of hydrogen-bond acceptors (Lipinski definition) is 3. The molecule has 2 saturated heterocycles. The number of nitrogens with one attached hydrogen (secondary N) is 1. The molecular weight excluding hydrogens is 240 g/mol. The lowest BCUT2D eigenvalue weighted by Gasteiger charge is -2.35. The molecule has 1 aromatic rings. The molecule has 3 aliphatic rings. The summed E-state index contributed by atoms with van der Waals surface area (Å²) in [5, 5.41) is 6.29. The minimum absolute atomic E-state index is 0.650. The maximum atomic E-state index is 4.01. The maximum Gasteiger partial charge on any atom is 0.0333 e. The molecule has 1 aromatic heterocycles. The molecule has 18 heavy (non-hydrogen) atoms. The second-order valence-corrected chi connectivity index (χ2v) is 7.16. The summed E-state index contributed by atoms with van der Waals surface area (Å²) < 4.78 is 0. The van der Waals surface area contributed by atoms with Crippen molar-refractivity contribution in [2.24, 2.45) is 5.92 Å². The van der Waals surface area contributed by atoms with Crippen LogP contribution >= 0.6 is 11.3 Å². The van der Waals surface area contributed by atoms with Crippen LogP contribution in [0.3, 0.4) is 0 Å². The standard InChI is InChI=1S/C15H22N2S/c1-2-14(12-6-9-18-15(12)3-1)16-13-5-8-17-7-4-11(13)10-17/h6,9,11,13-14,16H,1-5,7-8,10H2. The molecule has 98 valence electrons. The smallest absolute Gasteiger partial charge is 0.0333 e. The summed E-state index contributed by atoms with van der Waals surface area (Å²) in [7, 11) is 0. The highest BCUT2D eigenvalue weighted by molar-refractivity contribution is 7.10. The molecule has 0 saturated carbocycles. The van der Waals surface area contributed by atoms with Gasteiger partial charge in [0.15, 0.2) is 0 Å². The van der Waals surface area contributed by atoms with Crippen LogP contribution in [0.1, 0.15) is 42.2 Å². The SMILES string of the molecule is c1cc2c(s1)CCCC2NC1CCN2CCC1C2. The van der Waals surface area contributed by atoms with Crippen molar-refractivity contribution in [1.29, 1.82) is 0 Å². The third-order valence-corrected chi connectivity index (χ3v) is 6.10. The zero-order valence-corrected chi connectivity index (χ0v) is 11.7. The molecule has 4 unspecified atom stereocenters. The fraction of sp³-hybridized carbons (Fsp3) is 0.733. The van der Waals surface area contributed by atoms with Crippen LogP contribution in [-0.2, 0) is 6.42 Å². The van der Waals surface area contributed by atoms with Crippen LogP contribution in [0, 0.1) is 5.92 Å². The molecule has 0 radical (unpaired) electrons. The van der Waals surface area contributed by atoms with E-state index >= 15 is 0 Å². The van der Waals surface area contributed by atoms with Gasteiger partial charge in [-0.3, -0.25) is 0 Å². The Morgan fingerprint density at radius 3 is 3.17 bits per heavy atom. The van der Waals surface area contributed by atoms with Gasteiger partial charge in [0, 0.05) is 23.5 Å². The summed E-state index contributed by atoms with van der Waals surface area (Å²) in [4.78, 5) is 4.28. The van der Waals surface area contributed by atoms with Crippen molar-refractivity contribution in [1.82, 2.24) is 10.2 Å². The number of piperidine rings is 1. The van der Waals surface area contributed by atoms with Crippen LogP contribution in [0.15, 0.2) is 11.4 Å². The fourth-order valence-corrected chi connectivity index (χ4v) is 5.08. The number of rotatable bonds is 2. The van der Waals surface area contributed by atoms with Crippen LogP contribution in [0.4, 0.5) is 0 Å². The largest absolute Gasteiger partial charge is 0.307 e. The number of fused-ring (bicyclic) bond motifs is 3. The third-order valence-electron chi connectivity index (χ3n) is 5.10. The van der Waals surface area contributed by atoms with Crippen molar-refractivity contribution in [2.45, 2.75) is 44.2 Å². The van der Waals surface area contributed by atoms with Gasteiger partial charge in [-0.15, -0.1) is 11.3 Å². The maximum absolute atomic E-state index is 4.01. The van der Waals surface area contributed by atoms with E-state index in [1.807, 2.05) is 11.3 Å². The van der Waals surface area contributed by atoms with Crippen LogP contribution in [0.25, 0.3) is 0 Å². The van der Waals surface area contributed by atoms with Gasteiger partial charge in [-0.1, -0.05) is 0 Å². The van der Waals surface area contributed by atoms with Crippen LogP contribution in [-0.4, -0.2) is 30.6 Å². The fourth-order valence-electron chi connectivity index (χ4n) is 4.09. The van der Waals surface area contributed by atoms with E-state index in [0.717, 1.165) is 12.0 Å². The topological polar surface area (TPSA) is 15.3 Å². The van der Waals surface area contributed by atoms with Gasteiger partial charge in [0.2, 0.25) is 0 Å². The van der Waals surface area contributed by atoms with E-state index in [1.54, 1.807) is 10.4 Å². The van der Waals surface area contributed by atoms with Gasteiger partial charge in [0.25, 0.3) is 0 Å². The Morgan fingerprint density at radius 1 is 1.22 bits per heavy atom. The van der Waals surface area contributed by atoms with Crippen molar-refractivity contribution in [3.8, 4) is 0 Å². The van der Waals surface area contributed by atoms with E-state index in [2.05, 4.69) is 21.7 Å². The molecule has 2 aliphatic heterocycles. The number of thiophene rings is 1. The van der Waals surface area contributed by atoms with Gasteiger partial charge in [-0.2, -0.15) is 0 Å². The number of hydrogen-bond donors (Lipinski definition) is 1. The summed E-state index contributed by atoms with van der Waals surface area (Å²) in [6, 6.07) is 3.79. The third kappa shape index (κ3) is 1.93. The number of aryl methyl sites for hydroxylation is 1. The van der Waals surface area contributed by atoms with Crippen molar-refractivity contribution >= 4 is 11.3 Å². The zero-order valence-electron chi connectivity index (χ0n) is 10.9. The molecule has 4 rings (SSSR count). The van der Waals surface area contributed by atoms with Gasteiger partial charge >= 0.3 is 0 Å². The Kier molecular flexibility index (Phi) is 2.94. The minimum atomic E-state index is 0.650. The van der Waals surface area contributed by atoms with E-state index in [4.69, 9.17) is 0 Å². The Balaban J connectivity index is 1.49. The molecule has 0 spiro atoms. The Labute approximate surface area is 113 Å². The Morgan fingerprint density at radius 2 is 2.17 bits per heavy atom. The molecule has 4 atom stereocenters. The second-order valence-electron chi connectivity index (χ2n) is 6.16. The van der Waals surface area contributed by atoms with Gasteiger partial charge < -0.3 is 10.2 Å². The predicted octanol–water partition coefficient (Wildman–Crippen LogP) is 2.81. The molecule has 2 fully saturated rings. The lowest BCUT2D eigenvalue weighted by Crippen LogP contribution is -2.45. The molecule has 0 aromatic carbocycles. The lowest BCUT2D eigenvalue weighted by atomic mass is 9.89. The lowest BCUT2D eigenvalue weighted by molar-refractivity contribution is 0.205. The first-order valence-electron chi connectivity index (χ1n) is 7.45. The zero-order chi connectivity index (χ0) is 11.9. The quantitative estimate of drug-likeness (QED) is 0.881. The molecule has 3 heterocycles. The average Bonchev–Trinajstić information content (AvgIpc) is 3.01. The first kappa shape index (κ1) is 11.4. The van der Waals surface area contributed by atoms with Crippen molar-refractivity contribution in [2.75, 3.05) is 19.6 Å². The Hall–Kier alpha value is -0.380. The first-order valence-corrected chi connectivity index (χ1v) is 8.33. The predicted molar refractivity (Wildman–Crippen MR) is 76.1 cm³/mol. The second kappa shape index (κ2) is 4.62. The minimum Gasteiger partial charge on any atom is -0.307 e. The van der Waals surface area contributed by atoms with E-state index in [-0.39, 0.29) is 0 Å². The summed E-state index contributed by atoms with van der Waals surface area (Å²) in [6.45, 7) is 4.01. The van der Waals surface area contributed by atoms with E-state index in [0.29, 0.717) is 6.04 Å². The molecule has 3 heteroatoms. The van der Waals surface area contributed by atoms with E-state index < -0.39 is 0 Å². The Bertz CT molecular complexity index is 428. The van der Waals surface area contributed by atoms with Crippen molar-refractivity contribution in [3.05, 3.63) is 21.9 Å². The molecule has 2 nitrogen and oxygen atoms in total. The molecule has 2 bridgehead atoms. The van der Waals surface area contributed by atoms with Gasteiger partial charge in [-0.05, 0) is 68.1 Å². The molecule has 1 N–H and O–H groups in total.